The van der Waals surface area contributed by atoms with Gasteiger partial charge in [-0.15, -0.1) is 0 Å². The van der Waals surface area contributed by atoms with Crippen molar-refractivity contribution >= 4 is 29.5 Å². The van der Waals surface area contributed by atoms with Crippen LogP contribution in [0.3, 0.4) is 0 Å². The van der Waals surface area contributed by atoms with Crippen LogP contribution in [0.25, 0.3) is 11.1 Å². The Morgan fingerprint density at radius 2 is 0.839 bits per heavy atom. The number of aromatic carboxylic acids is 2. The van der Waals surface area contributed by atoms with E-state index in [9.17, 15) is 29.4 Å². The summed E-state index contributed by atoms with van der Waals surface area (Å²) in [5, 5.41) is 30.9. The Hall–Kier alpha value is -4.78. The average molecular weight is 786 g/mol. The second-order valence-corrected chi connectivity index (χ2v) is 11.9. The fourth-order valence-electron chi connectivity index (χ4n) is 5.02. The molecule has 56 heavy (non-hydrogen) atoms. The summed E-state index contributed by atoms with van der Waals surface area (Å²) in [5.74, 6) is -4.06. The number of aliphatic carboxylic acids is 1. The zero-order valence-electron chi connectivity index (χ0n) is 31.3. The van der Waals surface area contributed by atoms with Crippen LogP contribution >= 0.6 is 0 Å². The number of amides is 1. The van der Waals surface area contributed by atoms with Gasteiger partial charge in [-0.2, -0.15) is 0 Å². The Bertz CT molecular complexity index is 1570. The van der Waals surface area contributed by atoms with E-state index in [1.54, 1.807) is 24.3 Å². The molecule has 0 aliphatic carbocycles. The third-order valence-electron chi connectivity index (χ3n) is 7.78. The fourth-order valence-corrected chi connectivity index (χ4v) is 5.02. The van der Waals surface area contributed by atoms with Crippen molar-refractivity contribution < 1.29 is 72.4 Å². The molecule has 0 aliphatic rings. The SMILES string of the molecule is O=C(O)CCOCCOCCOCCOCCOCCOCCOCCOCCc1c(C(=O)O)cc(NC(=O)c2ccc(-c3ccccc3)cc2)cc1C(=O)O. The van der Waals surface area contributed by atoms with E-state index in [4.69, 9.17) is 43.0 Å². The Balaban J connectivity index is 1.20. The lowest BCUT2D eigenvalue weighted by atomic mass is 9.97. The summed E-state index contributed by atoms with van der Waals surface area (Å²) in [6.07, 6.45) is -0.00581. The Morgan fingerprint density at radius 3 is 1.23 bits per heavy atom. The molecule has 0 saturated carbocycles. The number of anilines is 1. The monoisotopic (exact) mass is 785 g/mol. The molecular formula is C40H51NO15. The van der Waals surface area contributed by atoms with Crippen molar-refractivity contribution in [2.24, 2.45) is 0 Å². The summed E-state index contributed by atoms with van der Waals surface area (Å²) in [7, 11) is 0. The van der Waals surface area contributed by atoms with Crippen LogP contribution in [0, 0.1) is 0 Å². The van der Waals surface area contributed by atoms with Crippen LogP contribution in [0.1, 0.15) is 43.1 Å². The average Bonchev–Trinajstić information content (AvgIpc) is 3.19. The van der Waals surface area contributed by atoms with Gasteiger partial charge in [0, 0.05) is 11.3 Å². The number of carbonyl (C=O) groups excluding carboxylic acids is 1. The van der Waals surface area contributed by atoms with Crippen molar-refractivity contribution in [1.82, 2.24) is 0 Å². The number of hydrogen-bond donors (Lipinski definition) is 4. The molecule has 1 amide bonds. The smallest absolute Gasteiger partial charge is 0.336 e. The van der Waals surface area contributed by atoms with E-state index in [-0.39, 0.29) is 61.6 Å². The third-order valence-corrected chi connectivity index (χ3v) is 7.78. The molecule has 0 bridgehead atoms. The van der Waals surface area contributed by atoms with E-state index in [0.29, 0.717) is 84.8 Å². The standard InChI is InChI=1S/C40H51NO15/c42-37(43)11-13-50-15-17-52-19-21-54-23-25-56-27-26-55-24-22-53-20-18-51-16-14-49-12-10-34-35(39(45)46)28-33(29-36(34)40(47)48)41-38(44)32-8-6-31(7-9-32)30-4-2-1-3-5-30/h1-9,28-29H,10-27H2,(H,41,44)(H,42,43)(H,45,46)(H,47,48). The maximum atomic E-state index is 12.9. The second kappa shape index (κ2) is 27.7. The number of carboxylic acid groups (broad SMARTS) is 3. The molecule has 0 spiro atoms. The fraction of sp³-hybridized carbons (Fsp3) is 0.450. The predicted octanol–water partition coefficient (Wildman–Crippen LogP) is 4.15. The summed E-state index contributed by atoms with van der Waals surface area (Å²) in [5.41, 5.74) is 1.89. The molecule has 0 unspecified atom stereocenters. The molecule has 3 aromatic rings. The highest BCUT2D eigenvalue weighted by atomic mass is 16.6. The van der Waals surface area contributed by atoms with Crippen molar-refractivity contribution in [2.45, 2.75) is 12.8 Å². The van der Waals surface area contributed by atoms with Crippen LogP contribution in [0.4, 0.5) is 5.69 Å². The predicted molar refractivity (Wildman–Crippen MR) is 203 cm³/mol. The van der Waals surface area contributed by atoms with E-state index >= 15 is 0 Å². The van der Waals surface area contributed by atoms with Crippen LogP contribution < -0.4 is 5.32 Å². The van der Waals surface area contributed by atoms with Gasteiger partial charge in [-0.25, -0.2) is 9.59 Å². The van der Waals surface area contributed by atoms with Crippen molar-refractivity contribution in [3.63, 3.8) is 0 Å². The number of nitrogens with one attached hydrogen (secondary N) is 1. The molecule has 0 atom stereocenters. The second-order valence-electron chi connectivity index (χ2n) is 11.9. The first kappa shape index (κ1) is 45.6. The van der Waals surface area contributed by atoms with Crippen molar-refractivity contribution in [1.29, 1.82) is 0 Å². The van der Waals surface area contributed by atoms with E-state index in [0.717, 1.165) is 11.1 Å². The van der Waals surface area contributed by atoms with Crippen molar-refractivity contribution in [3.05, 3.63) is 89.0 Å². The van der Waals surface area contributed by atoms with Crippen LogP contribution in [0.2, 0.25) is 0 Å². The number of carboxylic acids is 3. The van der Waals surface area contributed by atoms with Crippen LogP contribution in [-0.4, -0.2) is 145 Å². The number of ether oxygens (including phenoxy) is 8. The molecule has 0 radical (unpaired) electrons. The minimum Gasteiger partial charge on any atom is -0.481 e. The Morgan fingerprint density at radius 1 is 0.464 bits per heavy atom. The lowest BCUT2D eigenvalue weighted by Gasteiger charge is -2.14. The maximum Gasteiger partial charge on any atom is 0.336 e. The molecule has 16 heteroatoms. The summed E-state index contributed by atoms with van der Waals surface area (Å²) in [6, 6.07) is 19.0. The molecule has 4 N–H and O–H groups in total. The normalized spacial score (nSPS) is 11.1. The Labute approximate surface area is 325 Å². The van der Waals surface area contributed by atoms with Gasteiger partial charge in [-0.05, 0) is 47.4 Å². The van der Waals surface area contributed by atoms with E-state index in [1.165, 1.54) is 12.1 Å². The van der Waals surface area contributed by atoms with Gasteiger partial charge in [0.25, 0.3) is 5.91 Å². The number of rotatable bonds is 32. The van der Waals surface area contributed by atoms with Gasteiger partial charge in [0.05, 0.1) is 123 Å². The van der Waals surface area contributed by atoms with Crippen LogP contribution in [-0.2, 0) is 49.1 Å². The molecule has 0 heterocycles. The lowest BCUT2D eigenvalue weighted by molar-refractivity contribution is -0.138. The lowest BCUT2D eigenvalue weighted by Crippen LogP contribution is -2.17. The van der Waals surface area contributed by atoms with Gasteiger partial charge in [0.15, 0.2) is 0 Å². The quantitative estimate of drug-likeness (QED) is 0.0655. The first-order valence-electron chi connectivity index (χ1n) is 18.2. The summed E-state index contributed by atoms with van der Waals surface area (Å²) in [4.78, 5) is 47.5. The minimum atomic E-state index is -1.33. The van der Waals surface area contributed by atoms with E-state index < -0.39 is 23.8 Å². The van der Waals surface area contributed by atoms with Gasteiger partial charge in [-0.3, -0.25) is 9.59 Å². The highest BCUT2D eigenvalue weighted by molar-refractivity contribution is 6.06. The molecule has 16 nitrogen and oxygen atoms in total. The molecular weight excluding hydrogens is 734 g/mol. The van der Waals surface area contributed by atoms with Crippen LogP contribution in [0.5, 0.6) is 0 Å². The molecule has 0 fully saturated rings. The largest absolute Gasteiger partial charge is 0.481 e. The molecule has 0 saturated heterocycles. The van der Waals surface area contributed by atoms with Gasteiger partial charge >= 0.3 is 17.9 Å². The van der Waals surface area contributed by atoms with E-state index in [1.807, 2.05) is 30.3 Å². The summed E-state index contributed by atoms with van der Waals surface area (Å²) < 4.78 is 43.2. The summed E-state index contributed by atoms with van der Waals surface area (Å²) >= 11 is 0. The topological polar surface area (TPSA) is 215 Å². The first-order chi connectivity index (χ1) is 27.3. The highest BCUT2D eigenvalue weighted by Gasteiger charge is 2.21. The number of carbonyl (C=O) groups is 4. The molecule has 3 aromatic carbocycles. The van der Waals surface area contributed by atoms with E-state index in [2.05, 4.69) is 5.32 Å². The summed E-state index contributed by atoms with van der Waals surface area (Å²) in [6.45, 7) is 5.36. The third kappa shape index (κ3) is 18.7. The minimum absolute atomic E-state index is 0.0210. The maximum absolute atomic E-state index is 12.9. The number of benzene rings is 3. The van der Waals surface area contributed by atoms with Crippen molar-refractivity contribution in [2.75, 3.05) is 111 Å². The first-order valence-corrected chi connectivity index (χ1v) is 18.2. The highest BCUT2D eigenvalue weighted by Crippen LogP contribution is 2.24. The van der Waals surface area contributed by atoms with Crippen molar-refractivity contribution in [3.8, 4) is 11.1 Å². The molecule has 306 valence electrons. The zero-order chi connectivity index (χ0) is 40.2. The Kier molecular flexibility index (Phi) is 22.6. The number of hydrogen-bond acceptors (Lipinski definition) is 12. The van der Waals surface area contributed by atoms with Gasteiger partial charge in [0.2, 0.25) is 0 Å². The molecule has 0 aliphatic heterocycles. The molecule has 0 aromatic heterocycles. The zero-order valence-corrected chi connectivity index (χ0v) is 31.3. The van der Waals surface area contributed by atoms with Gasteiger partial charge < -0.3 is 58.5 Å². The van der Waals surface area contributed by atoms with Crippen LogP contribution in [0.15, 0.2) is 66.7 Å². The molecule has 3 rings (SSSR count). The van der Waals surface area contributed by atoms with Gasteiger partial charge in [-0.1, -0.05) is 42.5 Å². The van der Waals surface area contributed by atoms with Gasteiger partial charge in [0.1, 0.15) is 0 Å².